The summed E-state index contributed by atoms with van der Waals surface area (Å²) in [6, 6.07) is 3.61. The summed E-state index contributed by atoms with van der Waals surface area (Å²) < 4.78 is 31.1. The topological polar surface area (TPSA) is 119 Å². The van der Waals surface area contributed by atoms with Crippen molar-refractivity contribution in [2.24, 2.45) is 0 Å². The fourth-order valence-corrected chi connectivity index (χ4v) is 5.97. The molecule has 0 spiro atoms. The molecule has 5 rings (SSSR count). The van der Waals surface area contributed by atoms with E-state index in [4.69, 9.17) is 27.9 Å². The van der Waals surface area contributed by atoms with Crippen molar-refractivity contribution in [2.45, 2.75) is 19.6 Å². The Morgan fingerprint density at radius 2 is 1.86 bits per heavy atom. The predicted molar refractivity (Wildman–Crippen MR) is 134 cm³/mol. The minimum absolute atomic E-state index is 0.213. The lowest BCUT2D eigenvalue weighted by molar-refractivity contribution is 0.218. The van der Waals surface area contributed by atoms with Gasteiger partial charge in [0.25, 0.3) is 0 Å². The molecule has 35 heavy (non-hydrogen) atoms. The number of sulfone groups is 1. The third-order valence-electron chi connectivity index (χ3n) is 5.97. The lowest BCUT2D eigenvalue weighted by atomic mass is 10.2. The molecule has 1 aliphatic rings. The van der Waals surface area contributed by atoms with Gasteiger partial charge in [0.2, 0.25) is 5.88 Å². The van der Waals surface area contributed by atoms with E-state index in [0.717, 1.165) is 17.6 Å². The smallest absolute Gasteiger partial charge is 0.214 e. The van der Waals surface area contributed by atoms with Crippen LogP contribution in [0.4, 0.5) is 0 Å². The van der Waals surface area contributed by atoms with Crippen molar-refractivity contribution in [1.82, 2.24) is 34.8 Å². The van der Waals surface area contributed by atoms with Gasteiger partial charge in [0.05, 0.1) is 39.8 Å². The minimum Gasteiger partial charge on any atom is -0.470 e. The lowest BCUT2D eigenvalue weighted by Crippen LogP contribution is -2.41. The van der Waals surface area contributed by atoms with Crippen LogP contribution in [0.2, 0.25) is 10.0 Å². The van der Waals surface area contributed by atoms with Gasteiger partial charge in [0, 0.05) is 55.4 Å². The van der Waals surface area contributed by atoms with Crippen LogP contribution >= 0.6 is 23.2 Å². The predicted octanol–water partition coefficient (Wildman–Crippen LogP) is 3.39. The molecule has 13 heteroatoms. The average molecular weight is 536 g/mol. The zero-order chi connectivity index (χ0) is 24.6. The summed E-state index contributed by atoms with van der Waals surface area (Å²) >= 11 is 12.5. The molecule has 10 nitrogen and oxygen atoms in total. The number of nitrogens with zero attached hydrogens (tertiary/aromatic N) is 6. The molecular weight excluding hydrogens is 513 g/mol. The molecule has 0 saturated carbocycles. The van der Waals surface area contributed by atoms with Crippen LogP contribution in [0.1, 0.15) is 18.6 Å². The number of fused-ring (bicyclic) bond motifs is 1. The number of pyridine rings is 2. The van der Waals surface area contributed by atoms with Gasteiger partial charge < -0.3 is 4.74 Å². The Kier molecular flexibility index (Phi) is 6.67. The van der Waals surface area contributed by atoms with Crippen molar-refractivity contribution in [3.63, 3.8) is 0 Å². The second-order valence-corrected chi connectivity index (χ2v) is 11.5. The highest BCUT2D eigenvalue weighted by Gasteiger charge is 2.22. The monoisotopic (exact) mass is 535 g/mol. The second kappa shape index (κ2) is 9.73. The van der Waals surface area contributed by atoms with Gasteiger partial charge in [-0.25, -0.2) is 13.4 Å². The number of rotatable bonds is 7. The Morgan fingerprint density at radius 3 is 2.60 bits per heavy atom. The highest BCUT2D eigenvalue weighted by atomic mass is 35.5. The van der Waals surface area contributed by atoms with Crippen molar-refractivity contribution >= 4 is 44.1 Å². The van der Waals surface area contributed by atoms with Crippen LogP contribution in [0.5, 0.6) is 5.88 Å². The molecule has 0 unspecified atom stereocenters. The number of hydrogen-bond donors (Lipinski definition) is 1. The molecule has 4 aromatic rings. The minimum atomic E-state index is -2.89. The van der Waals surface area contributed by atoms with Crippen LogP contribution in [0.25, 0.3) is 22.3 Å². The first kappa shape index (κ1) is 24.0. The van der Waals surface area contributed by atoms with Crippen LogP contribution in [-0.4, -0.2) is 74.4 Å². The number of H-pyrrole nitrogens is 1. The third-order valence-corrected chi connectivity index (χ3v) is 8.18. The van der Waals surface area contributed by atoms with E-state index < -0.39 is 15.9 Å². The SMILES string of the molecule is C[C@@H](Oc1ccc2[nH]nc(-c3cnn(CCN4CCS(=O)(=O)CC4)c3)c2n1)c1c(Cl)cncc1Cl. The van der Waals surface area contributed by atoms with E-state index >= 15 is 0 Å². The molecule has 1 aliphatic heterocycles. The zero-order valence-electron chi connectivity index (χ0n) is 18.9. The molecule has 0 bridgehead atoms. The molecule has 5 heterocycles. The normalized spacial score (nSPS) is 17.0. The second-order valence-electron chi connectivity index (χ2n) is 8.38. The summed E-state index contributed by atoms with van der Waals surface area (Å²) in [6.45, 7) is 4.33. The quantitative estimate of drug-likeness (QED) is 0.382. The fraction of sp³-hybridized carbons (Fsp3) is 0.364. The number of ether oxygens (including phenoxy) is 1. The summed E-state index contributed by atoms with van der Waals surface area (Å²) in [4.78, 5) is 10.8. The third kappa shape index (κ3) is 5.27. The van der Waals surface area contributed by atoms with Crippen molar-refractivity contribution in [1.29, 1.82) is 0 Å². The molecule has 1 saturated heterocycles. The largest absolute Gasteiger partial charge is 0.470 e. The van der Waals surface area contributed by atoms with Crippen molar-refractivity contribution < 1.29 is 13.2 Å². The van der Waals surface area contributed by atoms with Gasteiger partial charge in [0.1, 0.15) is 17.3 Å². The summed E-state index contributed by atoms with van der Waals surface area (Å²) in [5.74, 6) is 0.833. The first-order chi connectivity index (χ1) is 16.8. The van der Waals surface area contributed by atoms with E-state index in [1.807, 2.05) is 23.9 Å². The summed E-state index contributed by atoms with van der Waals surface area (Å²) in [5.41, 5.74) is 3.54. The maximum atomic E-state index is 11.6. The number of hydrogen-bond acceptors (Lipinski definition) is 8. The van der Waals surface area contributed by atoms with Crippen molar-refractivity contribution in [3.8, 4) is 17.1 Å². The highest BCUT2D eigenvalue weighted by Crippen LogP contribution is 2.33. The first-order valence-corrected chi connectivity index (χ1v) is 13.6. The Labute approximate surface area is 212 Å². The molecule has 0 amide bonds. The van der Waals surface area contributed by atoms with E-state index in [1.165, 1.54) is 12.4 Å². The molecule has 0 radical (unpaired) electrons. The summed E-state index contributed by atoms with van der Waals surface area (Å²) in [6.07, 6.45) is 6.26. The van der Waals surface area contributed by atoms with Gasteiger partial charge in [-0.2, -0.15) is 10.2 Å². The first-order valence-electron chi connectivity index (χ1n) is 11.1. The number of aromatic nitrogens is 6. The molecule has 1 N–H and O–H groups in total. The summed E-state index contributed by atoms with van der Waals surface area (Å²) in [7, 11) is -2.89. The molecule has 0 aliphatic carbocycles. The van der Waals surface area contributed by atoms with Crippen LogP contribution in [0, 0.1) is 0 Å². The average Bonchev–Trinajstić information content (AvgIpc) is 3.45. The molecular formula is C22H23Cl2N7O3S. The van der Waals surface area contributed by atoms with Gasteiger partial charge in [-0.15, -0.1) is 0 Å². The Hall–Kier alpha value is -2.73. The van der Waals surface area contributed by atoms with Gasteiger partial charge in [-0.05, 0) is 13.0 Å². The van der Waals surface area contributed by atoms with Crippen molar-refractivity contribution in [2.75, 3.05) is 31.1 Å². The molecule has 184 valence electrons. The van der Waals surface area contributed by atoms with E-state index in [9.17, 15) is 8.42 Å². The van der Waals surface area contributed by atoms with Gasteiger partial charge in [-0.1, -0.05) is 23.2 Å². The van der Waals surface area contributed by atoms with Crippen LogP contribution in [0.15, 0.2) is 36.9 Å². The van der Waals surface area contributed by atoms with E-state index in [1.54, 1.807) is 12.3 Å². The number of halogens is 2. The van der Waals surface area contributed by atoms with Gasteiger partial charge >= 0.3 is 0 Å². The van der Waals surface area contributed by atoms with Crippen LogP contribution in [0.3, 0.4) is 0 Å². The maximum absolute atomic E-state index is 11.6. The van der Waals surface area contributed by atoms with E-state index in [0.29, 0.717) is 52.3 Å². The van der Waals surface area contributed by atoms with Crippen molar-refractivity contribution in [3.05, 3.63) is 52.5 Å². The van der Waals surface area contributed by atoms with Crippen LogP contribution < -0.4 is 4.74 Å². The molecule has 1 atom stereocenters. The Morgan fingerprint density at radius 1 is 1.11 bits per heavy atom. The van der Waals surface area contributed by atoms with Gasteiger partial charge in [0.15, 0.2) is 9.84 Å². The highest BCUT2D eigenvalue weighted by molar-refractivity contribution is 7.91. The maximum Gasteiger partial charge on any atom is 0.214 e. The summed E-state index contributed by atoms with van der Waals surface area (Å²) in [5, 5.41) is 12.7. The van der Waals surface area contributed by atoms with E-state index in [2.05, 4.69) is 30.2 Å². The molecule has 1 fully saturated rings. The standard InChI is InChI=1S/C22H23Cl2N7O3S/c1-14(20-16(23)11-25-12-17(20)24)34-19-3-2-18-22(27-19)21(29-28-18)15-10-26-31(13-15)5-4-30-6-8-35(32,33)9-7-30/h2-3,10-14H,4-9H2,1H3,(H,28,29)/t14-/m1/s1. The zero-order valence-corrected chi connectivity index (χ0v) is 21.2. The van der Waals surface area contributed by atoms with Gasteiger partial charge in [-0.3, -0.25) is 19.7 Å². The van der Waals surface area contributed by atoms with Crippen LogP contribution in [-0.2, 0) is 16.4 Å². The molecule has 4 aromatic heterocycles. The lowest BCUT2D eigenvalue weighted by Gasteiger charge is -2.26. The number of aromatic amines is 1. The fourth-order valence-electron chi connectivity index (χ4n) is 4.02. The Bertz CT molecular complexity index is 1440. The Balaban J connectivity index is 1.31. The number of nitrogens with one attached hydrogen (secondary N) is 1. The van der Waals surface area contributed by atoms with E-state index in [-0.39, 0.29) is 11.5 Å². The molecule has 0 aromatic carbocycles.